The first kappa shape index (κ1) is 17.6. The van der Waals surface area contributed by atoms with E-state index in [4.69, 9.17) is 10.1 Å². The molecule has 0 aliphatic heterocycles. The van der Waals surface area contributed by atoms with Crippen molar-refractivity contribution < 1.29 is 28.6 Å². The molecule has 0 saturated carbocycles. The molecule has 0 bridgehead atoms. The molecule has 8 heteroatoms. The minimum atomic E-state index is -0.836. The van der Waals surface area contributed by atoms with E-state index in [1.165, 1.54) is 19.1 Å². The van der Waals surface area contributed by atoms with Crippen molar-refractivity contribution in [3.63, 3.8) is 0 Å². The standard InChI is InChI=1S/C12H18N2O6/c1-4-19-9(13)7-14(2)10(15)8-20-12(17)6-5-11(16)18-3/h5-6,13H,4,7-8H2,1-3H3. The lowest BCUT2D eigenvalue weighted by Gasteiger charge is -2.17. The molecular weight excluding hydrogens is 268 g/mol. The van der Waals surface area contributed by atoms with Crippen LogP contribution in [0.4, 0.5) is 0 Å². The smallest absolute Gasteiger partial charge is 0.331 e. The van der Waals surface area contributed by atoms with Crippen LogP contribution in [-0.4, -0.2) is 62.6 Å². The topological polar surface area (TPSA) is 106 Å². The van der Waals surface area contributed by atoms with Gasteiger partial charge in [0.05, 0.1) is 20.3 Å². The van der Waals surface area contributed by atoms with Gasteiger partial charge in [-0.05, 0) is 6.92 Å². The van der Waals surface area contributed by atoms with Crippen LogP contribution < -0.4 is 0 Å². The fraction of sp³-hybridized carbons (Fsp3) is 0.500. The monoisotopic (exact) mass is 286 g/mol. The minimum Gasteiger partial charge on any atom is -0.480 e. The second-order valence-electron chi connectivity index (χ2n) is 3.57. The SMILES string of the molecule is CCOC(=N)CN(C)C(=O)COC(=O)C=CC(=O)OC. The van der Waals surface area contributed by atoms with E-state index < -0.39 is 24.5 Å². The van der Waals surface area contributed by atoms with Crippen LogP contribution >= 0.6 is 0 Å². The Kier molecular flexibility index (Phi) is 8.40. The van der Waals surface area contributed by atoms with Gasteiger partial charge in [0.1, 0.15) is 0 Å². The third kappa shape index (κ3) is 7.85. The molecule has 1 N–H and O–H groups in total. The fourth-order valence-electron chi connectivity index (χ4n) is 1.02. The first-order valence-electron chi connectivity index (χ1n) is 5.77. The predicted octanol–water partition coefficient (Wildman–Crippen LogP) is -0.269. The maximum absolute atomic E-state index is 11.6. The average molecular weight is 286 g/mol. The number of methoxy groups -OCH3 is 1. The Balaban J connectivity index is 4.09. The quantitative estimate of drug-likeness (QED) is 0.299. The van der Waals surface area contributed by atoms with E-state index in [9.17, 15) is 14.4 Å². The maximum atomic E-state index is 11.6. The number of carbonyl (C=O) groups is 3. The van der Waals surface area contributed by atoms with E-state index in [-0.39, 0.29) is 12.4 Å². The molecule has 0 aromatic carbocycles. The van der Waals surface area contributed by atoms with Crippen molar-refractivity contribution in [1.82, 2.24) is 4.90 Å². The van der Waals surface area contributed by atoms with Crippen LogP contribution in [0.25, 0.3) is 0 Å². The van der Waals surface area contributed by atoms with Crippen molar-refractivity contribution in [2.75, 3.05) is 33.9 Å². The lowest BCUT2D eigenvalue weighted by atomic mass is 10.5. The molecule has 112 valence electrons. The molecule has 0 atom stereocenters. The molecule has 0 saturated heterocycles. The Morgan fingerprint density at radius 2 is 1.75 bits per heavy atom. The predicted molar refractivity (Wildman–Crippen MR) is 69.1 cm³/mol. The molecule has 1 amide bonds. The number of likely N-dealkylation sites (N-methyl/N-ethyl adjacent to an activating group) is 1. The zero-order valence-electron chi connectivity index (χ0n) is 11.7. The molecule has 0 heterocycles. The van der Waals surface area contributed by atoms with E-state index in [2.05, 4.69) is 9.47 Å². The average Bonchev–Trinajstić information content (AvgIpc) is 2.41. The third-order valence-electron chi connectivity index (χ3n) is 2.02. The second-order valence-corrected chi connectivity index (χ2v) is 3.57. The van der Waals surface area contributed by atoms with Gasteiger partial charge in [-0.3, -0.25) is 10.2 Å². The number of nitrogens with zero attached hydrogens (tertiary/aromatic N) is 1. The highest BCUT2D eigenvalue weighted by molar-refractivity contribution is 5.92. The summed E-state index contributed by atoms with van der Waals surface area (Å²) in [7, 11) is 2.62. The van der Waals surface area contributed by atoms with Crippen LogP contribution in [0.5, 0.6) is 0 Å². The Bertz CT molecular complexity index is 405. The summed E-state index contributed by atoms with van der Waals surface area (Å²) in [6, 6.07) is 0. The zero-order chi connectivity index (χ0) is 15.5. The molecule has 0 aromatic heterocycles. The summed E-state index contributed by atoms with van der Waals surface area (Å²) in [6.45, 7) is 1.57. The molecule has 20 heavy (non-hydrogen) atoms. The molecule has 0 aromatic rings. The van der Waals surface area contributed by atoms with Crippen molar-refractivity contribution in [1.29, 1.82) is 5.41 Å². The van der Waals surface area contributed by atoms with Gasteiger partial charge in [-0.2, -0.15) is 0 Å². The van der Waals surface area contributed by atoms with Gasteiger partial charge in [0.25, 0.3) is 5.91 Å². The van der Waals surface area contributed by atoms with Crippen LogP contribution in [0, 0.1) is 5.41 Å². The number of hydrogen-bond donors (Lipinski definition) is 1. The van der Waals surface area contributed by atoms with E-state index in [1.807, 2.05) is 0 Å². The van der Waals surface area contributed by atoms with Gasteiger partial charge >= 0.3 is 11.9 Å². The number of ether oxygens (including phenoxy) is 3. The van der Waals surface area contributed by atoms with Crippen molar-refractivity contribution in [2.24, 2.45) is 0 Å². The number of amides is 1. The Hall–Kier alpha value is -2.38. The minimum absolute atomic E-state index is 0.0117. The number of carbonyl (C=O) groups excluding carboxylic acids is 3. The van der Waals surface area contributed by atoms with Gasteiger partial charge in [0, 0.05) is 19.2 Å². The van der Waals surface area contributed by atoms with Gasteiger partial charge < -0.3 is 19.1 Å². The number of nitrogens with one attached hydrogen (secondary N) is 1. The van der Waals surface area contributed by atoms with Gasteiger partial charge in [0.2, 0.25) is 5.90 Å². The van der Waals surface area contributed by atoms with Crippen LogP contribution in [0.15, 0.2) is 12.2 Å². The Morgan fingerprint density at radius 1 is 1.15 bits per heavy atom. The summed E-state index contributed by atoms with van der Waals surface area (Å²) in [6.07, 6.45) is 1.75. The lowest BCUT2D eigenvalue weighted by molar-refractivity contribution is -0.147. The molecule has 0 spiro atoms. The summed E-state index contributed by atoms with van der Waals surface area (Å²) in [5.41, 5.74) is 0. The van der Waals surface area contributed by atoms with Gasteiger partial charge in [-0.15, -0.1) is 0 Å². The summed E-state index contributed by atoms with van der Waals surface area (Å²) >= 11 is 0. The zero-order valence-corrected chi connectivity index (χ0v) is 11.7. The van der Waals surface area contributed by atoms with Crippen LogP contribution in [-0.2, 0) is 28.6 Å². The number of rotatable bonds is 7. The summed E-state index contributed by atoms with van der Waals surface area (Å²) < 4.78 is 13.8. The summed E-state index contributed by atoms with van der Waals surface area (Å²) in [4.78, 5) is 34.6. The van der Waals surface area contributed by atoms with Crippen LogP contribution in [0.3, 0.4) is 0 Å². The van der Waals surface area contributed by atoms with E-state index in [0.717, 1.165) is 12.2 Å². The van der Waals surface area contributed by atoms with E-state index in [0.29, 0.717) is 6.61 Å². The maximum Gasteiger partial charge on any atom is 0.331 e. The molecule has 0 radical (unpaired) electrons. The Morgan fingerprint density at radius 3 is 2.30 bits per heavy atom. The summed E-state index contributed by atoms with van der Waals surface area (Å²) in [5.74, 6) is -2.08. The molecule has 0 fully saturated rings. The largest absolute Gasteiger partial charge is 0.480 e. The highest BCUT2D eigenvalue weighted by atomic mass is 16.5. The van der Waals surface area contributed by atoms with Crippen LogP contribution in [0.1, 0.15) is 6.92 Å². The first-order valence-corrected chi connectivity index (χ1v) is 5.77. The molecule has 0 aliphatic carbocycles. The number of esters is 2. The van der Waals surface area contributed by atoms with E-state index in [1.54, 1.807) is 6.92 Å². The van der Waals surface area contributed by atoms with Crippen molar-refractivity contribution in [3.05, 3.63) is 12.2 Å². The third-order valence-corrected chi connectivity index (χ3v) is 2.02. The first-order chi connectivity index (χ1) is 9.40. The van der Waals surface area contributed by atoms with Crippen molar-refractivity contribution in [3.8, 4) is 0 Å². The molecular formula is C12H18N2O6. The molecule has 0 rings (SSSR count). The van der Waals surface area contributed by atoms with Gasteiger partial charge in [-0.25, -0.2) is 9.59 Å². The Labute approximate surface area is 116 Å². The lowest BCUT2D eigenvalue weighted by Crippen LogP contribution is -2.35. The molecule has 0 aliphatic rings. The normalized spacial score (nSPS) is 9.95. The van der Waals surface area contributed by atoms with E-state index >= 15 is 0 Å². The summed E-state index contributed by atoms with van der Waals surface area (Å²) in [5, 5.41) is 7.38. The fourth-order valence-corrected chi connectivity index (χ4v) is 1.02. The van der Waals surface area contributed by atoms with Crippen molar-refractivity contribution >= 4 is 23.7 Å². The molecule has 0 unspecified atom stereocenters. The highest BCUT2D eigenvalue weighted by Crippen LogP contribution is 1.91. The number of hydrogen-bond acceptors (Lipinski definition) is 7. The highest BCUT2D eigenvalue weighted by Gasteiger charge is 2.13. The van der Waals surface area contributed by atoms with Gasteiger partial charge in [0.15, 0.2) is 6.61 Å². The van der Waals surface area contributed by atoms with Gasteiger partial charge in [-0.1, -0.05) is 0 Å². The van der Waals surface area contributed by atoms with Crippen LogP contribution in [0.2, 0.25) is 0 Å². The second kappa shape index (κ2) is 9.54. The molecule has 8 nitrogen and oxygen atoms in total. The van der Waals surface area contributed by atoms with Crippen molar-refractivity contribution in [2.45, 2.75) is 6.92 Å².